The first kappa shape index (κ1) is 10.2. The number of nitrogens with one attached hydrogen (secondary N) is 1. The molecular weight excluding hydrogens is 190 g/mol. The molecule has 0 bridgehead atoms. The summed E-state index contributed by atoms with van der Waals surface area (Å²) in [7, 11) is 1.25. The van der Waals surface area contributed by atoms with Crippen LogP contribution in [0.3, 0.4) is 0 Å². The zero-order valence-electron chi connectivity index (χ0n) is 7.52. The van der Waals surface area contributed by atoms with Crippen LogP contribution in [-0.2, 0) is 16.1 Å². The van der Waals surface area contributed by atoms with Crippen LogP contribution in [0.1, 0.15) is 6.42 Å². The van der Waals surface area contributed by atoms with E-state index in [9.17, 15) is 14.4 Å². The monoisotopic (exact) mass is 199 g/mol. The molecule has 14 heavy (non-hydrogen) atoms. The van der Waals surface area contributed by atoms with Crippen molar-refractivity contribution in [3.8, 4) is 0 Å². The molecule has 0 saturated heterocycles. The minimum Gasteiger partial charge on any atom is -0.469 e. The van der Waals surface area contributed by atoms with Gasteiger partial charge in [0.25, 0.3) is 0 Å². The van der Waals surface area contributed by atoms with Gasteiger partial charge in [-0.05, 0) is 0 Å². The fraction of sp³-hybridized carbons (Fsp3) is 0.429. The lowest BCUT2D eigenvalue weighted by Crippen LogP contribution is -2.37. The Hall–Kier alpha value is -1.92. The maximum Gasteiger partial charge on any atom is 0.330 e. The zero-order valence-corrected chi connectivity index (χ0v) is 7.52. The molecule has 0 amide bonds. The molecule has 1 heterocycles. The van der Waals surface area contributed by atoms with Crippen molar-refractivity contribution in [1.29, 1.82) is 0 Å². The highest BCUT2D eigenvalue weighted by Gasteiger charge is 2.03. The molecule has 0 aliphatic rings. The third kappa shape index (κ3) is 2.28. The van der Waals surface area contributed by atoms with Crippen LogP contribution in [0.15, 0.2) is 15.9 Å². The molecule has 0 aliphatic carbocycles. The van der Waals surface area contributed by atoms with Crippen molar-refractivity contribution in [3.63, 3.8) is 0 Å². The lowest BCUT2D eigenvalue weighted by atomic mass is 10.4. The molecule has 0 spiro atoms. The standard InChI is InChI=1S/C7H9N3O4/c1-14-5(11)2-3-10-4-8-9-6(12)7(10)13/h4H,2-3H2,1H3,(H,9,12). The highest BCUT2D eigenvalue weighted by atomic mass is 16.5. The van der Waals surface area contributed by atoms with Crippen LogP contribution in [0, 0.1) is 0 Å². The van der Waals surface area contributed by atoms with Gasteiger partial charge in [-0.15, -0.1) is 0 Å². The van der Waals surface area contributed by atoms with Crippen molar-refractivity contribution in [2.75, 3.05) is 7.11 Å². The summed E-state index contributed by atoms with van der Waals surface area (Å²) < 4.78 is 5.43. The molecule has 0 aliphatic heterocycles. The molecule has 0 unspecified atom stereocenters. The maximum atomic E-state index is 11.1. The lowest BCUT2D eigenvalue weighted by Gasteiger charge is -2.01. The molecule has 76 valence electrons. The Balaban J connectivity index is 2.78. The highest BCUT2D eigenvalue weighted by Crippen LogP contribution is 1.86. The quantitative estimate of drug-likeness (QED) is 0.472. The number of rotatable bonds is 3. The van der Waals surface area contributed by atoms with Gasteiger partial charge in [-0.3, -0.25) is 19.0 Å². The van der Waals surface area contributed by atoms with E-state index >= 15 is 0 Å². The largest absolute Gasteiger partial charge is 0.469 e. The smallest absolute Gasteiger partial charge is 0.330 e. The Bertz CT molecular complexity index is 433. The summed E-state index contributed by atoms with van der Waals surface area (Å²) in [4.78, 5) is 32.6. The van der Waals surface area contributed by atoms with Gasteiger partial charge in [-0.25, -0.2) is 5.10 Å². The molecule has 1 N–H and O–H groups in total. The molecule has 7 heteroatoms. The molecule has 0 aromatic carbocycles. The van der Waals surface area contributed by atoms with Crippen molar-refractivity contribution in [3.05, 3.63) is 27.0 Å². The van der Waals surface area contributed by atoms with Gasteiger partial charge in [-0.2, -0.15) is 5.10 Å². The van der Waals surface area contributed by atoms with Gasteiger partial charge in [0, 0.05) is 6.54 Å². The summed E-state index contributed by atoms with van der Waals surface area (Å²) in [6, 6.07) is 0. The van der Waals surface area contributed by atoms with Crippen molar-refractivity contribution in [2.24, 2.45) is 0 Å². The van der Waals surface area contributed by atoms with E-state index in [1.54, 1.807) is 0 Å². The summed E-state index contributed by atoms with van der Waals surface area (Å²) in [5.74, 6) is -0.447. The van der Waals surface area contributed by atoms with Gasteiger partial charge >= 0.3 is 17.1 Å². The Morgan fingerprint density at radius 1 is 1.64 bits per heavy atom. The minimum atomic E-state index is -0.808. The summed E-state index contributed by atoms with van der Waals surface area (Å²) in [6.07, 6.45) is 1.19. The predicted octanol–water partition coefficient (Wildman–Crippen LogP) is -1.51. The second-order valence-corrected chi connectivity index (χ2v) is 2.51. The van der Waals surface area contributed by atoms with Gasteiger partial charge in [0.15, 0.2) is 0 Å². The van der Waals surface area contributed by atoms with E-state index in [0.29, 0.717) is 0 Å². The number of methoxy groups -OCH3 is 1. The van der Waals surface area contributed by atoms with Gasteiger partial charge in [0.1, 0.15) is 6.33 Å². The fourth-order valence-corrected chi connectivity index (χ4v) is 0.861. The fourth-order valence-electron chi connectivity index (χ4n) is 0.861. The maximum absolute atomic E-state index is 11.1. The van der Waals surface area contributed by atoms with E-state index in [-0.39, 0.29) is 13.0 Å². The van der Waals surface area contributed by atoms with E-state index in [0.717, 1.165) is 10.9 Å². The van der Waals surface area contributed by atoms with Crippen LogP contribution in [0.4, 0.5) is 0 Å². The molecule has 0 atom stereocenters. The first-order valence-electron chi connectivity index (χ1n) is 3.86. The molecule has 0 radical (unpaired) electrons. The number of carbonyl (C=O) groups is 1. The highest BCUT2D eigenvalue weighted by molar-refractivity contribution is 5.68. The number of ether oxygens (including phenoxy) is 1. The lowest BCUT2D eigenvalue weighted by molar-refractivity contribution is -0.140. The number of aryl methyl sites for hydroxylation is 1. The van der Waals surface area contributed by atoms with Crippen molar-refractivity contribution < 1.29 is 9.53 Å². The summed E-state index contributed by atoms with van der Waals surface area (Å²) in [6.45, 7) is 0.0857. The first-order valence-corrected chi connectivity index (χ1v) is 3.86. The Morgan fingerprint density at radius 2 is 2.36 bits per heavy atom. The Morgan fingerprint density at radius 3 is 3.00 bits per heavy atom. The summed E-state index contributed by atoms with van der Waals surface area (Å²) in [5, 5.41) is 5.41. The number of esters is 1. The molecule has 7 nitrogen and oxygen atoms in total. The van der Waals surface area contributed by atoms with Gasteiger partial charge in [0.05, 0.1) is 13.5 Å². The second-order valence-electron chi connectivity index (χ2n) is 2.51. The molecule has 1 rings (SSSR count). The van der Waals surface area contributed by atoms with Gasteiger partial charge < -0.3 is 4.74 Å². The van der Waals surface area contributed by atoms with Crippen LogP contribution in [-0.4, -0.2) is 27.8 Å². The van der Waals surface area contributed by atoms with Gasteiger partial charge in [-0.1, -0.05) is 0 Å². The third-order valence-electron chi connectivity index (χ3n) is 1.60. The van der Waals surface area contributed by atoms with E-state index in [1.165, 1.54) is 7.11 Å². The first-order chi connectivity index (χ1) is 6.65. The average molecular weight is 199 g/mol. The van der Waals surface area contributed by atoms with Crippen molar-refractivity contribution >= 4 is 5.97 Å². The van der Waals surface area contributed by atoms with Crippen molar-refractivity contribution in [1.82, 2.24) is 14.8 Å². The van der Waals surface area contributed by atoms with Crippen molar-refractivity contribution in [2.45, 2.75) is 13.0 Å². The normalized spacial score (nSPS) is 9.79. The summed E-state index contributed by atoms with van der Waals surface area (Å²) >= 11 is 0. The number of H-pyrrole nitrogens is 1. The Kier molecular flexibility index (Phi) is 3.16. The number of aromatic nitrogens is 3. The summed E-state index contributed by atoms with van der Waals surface area (Å²) in [5.41, 5.74) is -1.54. The number of hydrogen-bond donors (Lipinski definition) is 1. The molecule has 0 fully saturated rings. The van der Waals surface area contributed by atoms with Crippen LogP contribution >= 0.6 is 0 Å². The second kappa shape index (κ2) is 4.35. The van der Waals surface area contributed by atoms with Crippen LogP contribution in [0.25, 0.3) is 0 Å². The number of nitrogens with zero attached hydrogens (tertiary/aromatic N) is 2. The molecule has 1 aromatic rings. The minimum absolute atomic E-state index is 0.0293. The SMILES string of the molecule is COC(=O)CCn1cn[nH]c(=O)c1=O. The van der Waals surface area contributed by atoms with E-state index in [2.05, 4.69) is 9.84 Å². The number of carbonyl (C=O) groups excluding carboxylic acids is 1. The van der Waals surface area contributed by atoms with E-state index in [4.69, 9.17) is 0 Å². The third-order valence-corrected chi connectivity index (χ3v) is 1.60. The van der Waals surface area contributed by atoms with Crippen LogP contribution in [0.5, 0.6) is 0 Å². The van der Waals surface area contributed by atoms with Gasteiger partial charge in [0.2, 0.25) is 0 Å². The average Bonchev–Trinajstić information content (AvgIpc) is 2.20. The van der Waals surface area contributed by atoms with Crippen LogP contribution < -0.4 is 11.1 Å². The topological polar surface area (TPSA) is 94.1 Å². The van der Waals surface area contributed by atoms with Crippen LogP contribution in [0.2, 0.25) is 0 Å². The zero-order chi connectivity index (χ0) is 10.6. The Labute approximate surface area is 78.3 Å². The van der Waals surface area contributed by atoms with E-state index in [1.807, 2.05) is 5.10 Å². The van der Waals surface area contributed by atoms with E-state index < -0.39 is 17.1 Å². The number of aromatic amines is 1. The molecular formula is C7H9N3O4. The molecule has 0 saturated carbocycles. The molecule has 1 aromatic heterocycles. The predicted molar refractivity (Wildman–Crippen MR) is 45.8 cm³/mol. The number of hydrogen-bond acceptors (Lipinski definition) is 5.